The monoisotopic (exact) mass is 339 g/mol. The van der Waals surface area contributed by atoms with Gasteiger partial charge in [-0.1, -0.05) is 0 Å². The van der Waals surface area contributed by atoms with E-state index in [9.17, 15) is 18.0 Å². The van der Waals surface area contributed by atoms with Crippen LogP contribution in [-0.2, 0) is 7.05 Å². The molecule has 0 N–H and O–H groups in total. The van der Waals surface area contributed by atoms with Crippen LogP contribution in [0.3, 0.4) is 0 Å². The van der Waals surface area contributed by atoms with Crippen LogP contribution in [0.1, 0.15) is 23.2 Å². The Hall–Kier alpha value is -1.05. The Balaban J connectivity index is 2.02. The van der Waals surface area contributed by atoms with E-state index in [-0.39, 0.29) is 31.8 Å². The molecule has 0 radical (unpaired) electrons. The summed E-state index contributed by atoms with van der Waals surface area (Å²) in [6.45, 7) is 0.259. The summed E-state index contributed by atoms with van der Waals surface area (Å²) in [5.74, 6) is -1.57. The lowest BCUT2D eigenvalue weighted by atomic mass is 9.96. The number of aromatic nitrogens is 2. The maximum atomic E-state index is 12.5. The second-order valence-corrected chi connectivity index (χ2v) is 5.33. The van der Waals surface area contributed by atoms with Gasteiger partial charge < -0.3 is 4.90 Å². The van der Waals surface area contributed by atoms with Gasteiger partial charge in [-0.2, -0.15) is 18.3 Å². The van der Waals surface area contributed by atoms with Gasteiger partial charge in [0.05, 0.1) is 17.7 Å². The summed E-state index contributed by atoms with van der Waals surface area (Å²) in [5.41, 5.74) is 0.382. The fourth-order valence-electron chi connectivity index (χ4n) is 2.15. The topological polar surface area (TPSA) is 38.1 Å². The number of hydrogen-bond acceptors (Lipinski definition) is 2. The van der Waals surface area contributed by atoms with Gasteiger partial charge in [0.25, 0.3) is 5.91 Å². The Bertz CT molecular complexity index is 478. The Morgan fingerprint density at radius 1 is 1.42 bits per heavy atom. The van der Waals surface area contributed by atoms with Crippen molar-refractivity contribution in [2.75, 3.05) is 13.1 Å². The second-order valence-electron chi connectivity index (χ2n) is 4.58. The van der Waals surface area contributed by atoms with Gasteiger partial charge >= 0.3 is 6.18 Å². The molecule has 1 amide bonds. The van der Waals surface area contributed by atoms with Gasteiger partial charge in [0.15, 0.2) is 0 Å². The van der Waals surface area contributed by atoms with Crippen LogP contribution in [0.25, 0.3) is 0 Å². The van der Waals surface area contributed by atoms with Crippen molar-refractivity contribution in [3.63, 3.8) is 0 Å². The van der Waals surface area contributed by atoms with Crippen LogP contribution in [0, 0.1) is 5.92 Å². The van der Waals surface area contributed by atoms with Crippen molar-refractivity contribution in [2.24, 2.45) is 13.0 Å². The Morgan fingerprint density at radius 3 is 2.42 bits per heavy atom. The first kappa shape index (κ1) is 14.4. The highest BCUT2D eigenvalue weighted by atomic mass is 79.9. The molecule has 1 aliphatic rings. The predicted molar refractivity (Wildman–Crippen MR) is 65.6 cm³/mol. The number of carbonyl (C=O) groups excluding carboxylic acids is 1. The summed E-state index contributed by atoms with van der Waals surface area (Å²) in [7, 11) is 1.68. The highest BCUT2D eigenvalue weighted by molar-refractivity contribution is 9.10. The zero-order valence-electron chi connectivity index (χ0n) is 10.2. The number of likely N-dealkylation sites (tertiary alicyclic amines) is 1. The summed E-state index contributed by atoms with van der Waals surface area (Å²) < 4.78 is 39.6. The van der Waals surface area contributed by atoms with Crippen molar-refractivity contribution in [3.05, 3.63) is 16.4 Å². The quantitative estimate of drug-likeness (QED) is 0.788. The number of halogens is 4. The smallest absolute Gasteiger partial charge is 0.338 e. The predicted octanol–water partition coefficient (Wildman–Crippen LogP) is 2.60. The lowest BCUT2D eigenvalue weighted by molar-refractivity contribution is -0.183. The summed E-state index contributed by atoms with van der Waals surface area (Å²) in [5, 5.41) is 3.93. The molecule has 8 heteroatoms. The van der Waals surface area contributed by atoms with E-state index in [1.54, 1.807) is 7.05 Å². The van der Waals surface area contributed by atoms with Gasteiger partial charge in [-0.3, -0.25) is 9.48 Å². The average molecular weight is 340 g/mol. The molecule has 1 aromatic rings. The van der Waals surface area contributed by atoms with Crippen LogP contribution < -0.4 is 0 Å². The molecule has 2 heterocycles. The largest absolute Gasteiger partial charge is 0.391 e. The molecule has 1 fully saturated rings. The van der Waals surface area contributed by atoms with Crippen LogP contribution in [-0.4, -0.2) is 39.9 Å². The van der Waals surface area contributed by atoms with E-state index in [2.05, 4.69) is 21.0 Å². The van der Waals surface area contributed by atoms with Crippen LogP contribution in [0.4, 0.5) is 13.2 Å². The van der Waals surface area contributed by atoms with E-state index >= 15 is 0 Å². The van der Waals surface area contributed by atoms with Crippen LogP contribution in [0.15, 0.2) is 10.8 Å². The minimum Gasteiger partial charge on any atom is -0.338 e. The molecule has 1 saturated heterocycles. The Labute approximate surface area is 116 Å². The lowest BCUT2D eigenvalue weighted by Crippen LogP contribution is -2.42. The maximum Gasteiger partial charge on any atom is 0.391 e. The Morgan fingerprint density at radius 2 is 2.00 bits per heavy atom. The van der Waals surface area contributed by atoms with Gasteiger partial charge in [-0.15, -0.1) is 0 Å². The van der Waals surface area contributed by atoms with Gasteiger partial charge in [0, 0.05) is 20.1 Å². The SMILES string of the molecule is Cn1ncc(C(=O)N2CCC(C(F)(F)F)CC2)c1Br. The molecule has 4 nitrogen and oxygen atoms in total. The fourth-order valence-corrected chi connectivity index (χ4v) is 2.51. The molecule has 1 aromatic heterocycles. The number of aryl methyl sites for hydroxylation is 1. The van der Waals surface area contributed by atoms with Crippen molar-refractivity contribution in [1.82, 2.24) is 14.7 Å². The number of nitrogens with zero attached hydrogens (tertiary/aromatic N) is 3. The van der Waals surface area contributed by atoms with E-state index in [1.165, 1.54) is 15.8 Å². The molecule has 0 bridgehead atoms. The molecule has 0 spiro atoms. The van der Waals surface area contributed by atoms with Gasteiger partial charge in [-0.05, 0) is 28.8 Å². The zero-order valence-corrected chi connectivity index (χ0v) is 11.8. The van der Waals surface area contributed by atoms with E-state index < -0.39 is 12.1 Å². The van der Waals surface area contributed by atoms with E-state index in [1.807, 2.05) is 0 Å². The molecule has 106 valence electrons. The summed E-state index contributed by atoms with van der Waals surface area (Å²) in [4.78, 5) is 13.6. The molecule has 0 unspecified atom stereocenters. The number of carbonyl (C=O) groups is 1. The molecule has 0 saturated carbocycles. The summed E-state index contributed by atoms with van der Waals surface area (Å²) in [6.07, 6.45) is -2.81. The third-order valence-electron chi connectivity index (χ3n) is 3.34. The molecular formula is C11H13BrF3N3O. The van der Waals surface area contributed by atoms with Gasteiger partial charge in [0.2, 0.25) is 0 Å². The van der Waals surface area contributed by atoms with Crippen molar-refractivity contribution in [3.8, 4) is 0 Å². The first-order chi connectivity index (χ1) is 8.80. The molecule has 1 aliphatic heterocycles. The normalized spacial score (nSPS) is 17.8. The molecule has 0 aliphatic carbocycles. The standard InChI is InChI=1S/C11H13BrF3N3O/c1-17-9(12)8(6-16-17)10(19)18-4-2-7(3-5-18)11(13,14)15/h6-7H,2-5H2,1H3. The highest BCUT2D eigenvalue weighted by Crippen LogP contribution is 2.34. The van der Waals surface area contributed by atoms with E-state index in [0.29, 0.717) is 10.2 Å². The molecule has 2 rings (SSSR count). The first-order valence-corrected chi connectivity index (χ1v) is 6.63. The molecule has 0 atom stereocenters. The zero-order chi connectivity index (χ0) is 14.2. The van der Waals surface area contributed by atoms with E-state index in [4.69, 9.17) is 0 Å². The Kier molecular flexibility index (Phi) is 3.89. The lowest BCUT2D eigenvalue weighted by Gasteiger charge is -2.32. The number of alkyl halides is 3. The number of piperidine rings is 1. The highest BCUT2D eigenvalue weighted by Gasteiger charge is 2.41. The van der Waals surface area contributed by atoms with Crippen LogP contribution in [0.5, 0.6) is 0 Å². The van der Waals surface area contributed by atoms with Crippen LogP contribution in [0.2, 0.25) is 0 Å². The second kappa shape index (κ2) is 5.15. The van der Waals surface area contributed by atoms with Crippen molar-refractivity contribution in [1.29, 1.82) is 0 Å². The van der Waals surface area contributed by atoms with Crippen LogP contribution >= 0.6 is 15.9 Å². The number of amides is 1. The minimum atomic E-state index is -4.16. The summed E-state index contributed by atoms with van der Waals surface area (Å²) >= 11 is 3.23. The minimum absolute atomic E-state index is 0.0346. The van der Waals surface area contributed by atoms with Crippen molar-refractivity contribution in [2.45, 2.75) is 19.0 Å². The molecular weight excluding hydrogens is 327 g/mol. The molecule has 0 aromatic carbocycles. The average Bonchev–Trinajstić information content (AvgIpc) is 2.68. The van der Waals surface area contributed by atoms with Gasteiger partial charge in [0.1, 0.15) is 4.60 Å². The maximum absolute atomic E-state index is 12.5. The van der Waals surface area contributed by atoms with E-state index in [0.717, 1.165) is 0 Å². The van der Waals surface area contributed by atoms with Crippen molar-refractivity contribution < 1.29 is 18.0 Å². The molecule has 19 heavy (non-hydrogen) atoms. The number of rotatable bonds is 1. The van der Waals surface area contributed by atoms with Gasteiger partial charge in [-0.25, -0.2) is 0 Å². The third-order valence-corrected chi connectivity index (χ3v) is 4.28. The third kappa shape index (κ3) is 2.93. The summed E-state index contributed by atoms with van der Waals surface area (Å²) in [6, 6.07) is 0. The van der Waals surface area contributed by atoms with Crippen molar-refractivity contribution >= 4 is 21.8 Å². The first-order valence-electron chi connectivity index (χ1n) is 5.84. The number of hydrogen-bond donors (Lipinski definition) is 0. The fraction of sp³-hybridized carbons (Fsp3) is 0.636.